The van der Waals surface area contributed by atoms with Gasteiger partial charge in [-0.05, 0) is 24.7 Å². The lowest BCUT2D eigenvalue weighted by Gasteiger charge is -2.30. The van der Waals surface area contributed by atoms with Gasteiger partial charge < -0.3 is 14.8 Å². The van der Waals surface area contributed by atoms with E-state index in [0.717, 1.165) is 17.6 Å². The molecule has 0 aliphatic rings. The Morgan fingerprint density at radius 1 is 1.47 bits per heavy atom. The minimum absolute atomic E-state index is 0.234. The molecular weight excluding hydrogens is 216 g/mol. The minimum Gasteiger partial charge on any atom is -0.443 e. The maximum absolute atomic E-state index is 10.4. The fourth-order valence-corrected chi connectivity index (χ4v) is 2.05. The molecule has 0 spiro atoms. The van der Waals surface area contributed by atoms with Crippen LogP contribution in [0.5, 0.6) is 0 Å². The average Bonchev–Trinajstić information content (AvgIpc) is 2.74. The molecule has 17 heavy (non-hydrogen) atoms. The van der Waals surface area contributed by atoms with Crippen molar-refractivity contribution in [1.82, 2.24) is 10.3 Å². The maximum Gasteiger partial charge on any atom is 0.181 e. The monoisotopic (exact) mass is 234 g/mol. The molecule has 1 aromatic heterocycles. The van der Waals surface area contributed by atoms with Gasteiger partial charge in [0.25, 0.3) is 0 Å². The number of aromatic nitrogens is 1. The number of aliphatic hydroxyl groups is 1. The van der Waals surface area contributed by atoms with Gasteiger partial charge in [0.05, 0.1) is 6.10 Å². The molecule has 0 amide bonds. The molecule has 0 saturated carbocycles. The summed E-state index contributed by atoms with van der Waals surface area (Å²) in [5.41, 5.74) is 2.14. The zero-order chi connectivity index (χ0) is 12.5. The van der Waals surface area contributed by atoms with Crippen molar-refractivity contribution < 1.29 is 9.52 Å². The number of benzene rings is 1. The van der Waals surface area contributed by atoms with Crippen molar-refractivity contribution in [1.29, 1.82) is 0 Å². The third-order valence-corrected chi connectivity index (χ3v) is 3.04. The first-order valence-electron chi connectivity index (χ1n) is 5.70. The number of rotatable bonds is 4. The number of nitrogens with zero attached hydrogens (tertiary/aromatic N) is 1. The van der Waals surface area contributed by atoms with Gasteiger partial charge in [0.2, 0.25) is 0 Å². The maximum atomic E-state index is 10.4. The number of oxazole rings is 1. The lowest BCUT2D eigenvalue weighted by atomic mass is 9.82. The summed E-state index contributed by atoms with van der Waals surface area (Å²) in [4.78, 5) is 4.06. The summed E-state index contributed by atoms with van der Waals surface area (Å²) >= 11 is 0. The van der Waals surface area contributed by atoms with Crippen molar-refractivity contribution in [3.63, 3.8) is 0 Å². The van der Waals surface area contributed by atoms with Gasteiger partial charge in [-0.3, -0.25) is 0 Å². The number of hydrogen-bond acceptors (Lipinski definition) is 4. The minimum atomic E-state index is -0.538. The molecule has 1 unspecified atom stereocenters. The summed E-state index contributed by atoms with van der Waals surface area (Å²) in [6.07, 6.45) is 0.879. The second-order valence-corrected chi connectivity index (χ2v) is 5.00. The van der Waals surface area contributed by atoms with Crippen LogP contribution in [0.25, 0.3) is 11.1 Å². The molecule has 92 valence electrons. The second kappa shape index (κ2) is 4.47. The van der Waals surface area contributed by atoms with E-state index < -0.39 is 6.10 Å². The Hall–Kier alpha value is -1.39. The zero-order valence-electron chi connectivity index (χ0n) is 10.4. The van der Waals surface area contributed by atoms with Crippen LogP contribution in [0.2, 0.25) is 0 Å². The molecule has 1 aromatic carbocycles. The lowest BCUT2D eigenvalue weighted by molar-refractivity contribution is 0.0507. The molecule has 0 aliphatic heterocycles. The van der Waals surface area contributed by atoms with Crippen LogP contribution in [0, 0.1) is 5.41 Å². The van der Waals surface area contributed by atoms with E-state index in [1.54, 1.807) is 0 Å². The number of nitrogens with one attached hydrogen (secondary N) is 1. The molecule has 2 rings (SSSR count). The molecule has 0 saturated heterocycles. The van der Waals surface area contributed by atoms with Gasteiger partial charge in [0, 0.05) is 12.0 Å². The summed E-state index contributed by atoms with van der Waals surface area (Å²) in [6, 6.07) is 5.62. The quantitative estimate of drug-likeness (QED) is 0.850. The molecule has 0 fully saturated rings. The third kappa shape index (κ3) is 2.33. The second-order valence-electron chi connectivity index (χ2n) is 5.00. The van der Waals surface area contributed by atoms with Gasteiger partial charge in [-0.15, -0.1) is 0 Å². The smallest absolute Gasteiger partial charge is 0.181 e. The molecule has 0 radical (unpaired) electrons. The molecule has 0 bridgehead atoms. The molecule has 2 aromatic rings. The first kappa shape index (κ1) is 12.1. The van der Waals surface area contributed by atoms with Crippen LogP contribution < -0.4 is 5.32 Å². The van der Waals surface area contributed by atoms with E-state index in [1.165, 1.54) is 6.39 Å². The summed E-state index contributed by atoms with van der Waals surface area (Å²) in [5, 5.41) is 13.5. The summed E-state index contributed by atoms with van der Waals surface area (Å²) in [7, 11) is 1.88. The van der Waals surface area contributed by atoms with Crippen molar-refractivity contribution in [3.8, 4) is 0 Å². The summed E-state index contributed by atoms with van der Waals surface area (Å²) < 4.78 is 5.24. The van der Waals surface area contributed by atoms with E-state index in [-0.39, 0.29) is 5.41 Å². The fourth-order valence-electron chi connectivity index (χ4n) is 2.05. The Morgan fingerprint density at radius 3 is 2.94 bits per heavy atom. The molecule has 1 atom stereocenters. The predicted molar refractivity (Wildman–Crippen MR) is 66.7 cm³/mol. The Morgan fingerprint density at radius 2 is 2.24 bits per heavy atom. The van der Waals surface area contributed by atoms with Gasteiger partial charge in [-0.1, -0.05) is 19.9 Å². The zero-order valence-corrected chi connectivity index (χ0v) is 10.4. The van der Waals surface area contributed by atoms with Crippen LogP contribution in [0.3, 0.4) is 0 Å². The van der Waals surface area contributed by atoms with Crippen LogP contribution in [0.15, 0.2) is 29.0 Å². The van der Waals surface area contributed by atoms with Gasteiger partial charge in [-0.2, -0.15) is 0 Å². The molecule has 0 aliphatic carbocycles. The molecule has 2 N–H and O–H groups in total. The number of fused-ring (bicyclic) bond motifs is 1. The molecule has 4 nitrogen and oxygen atoms in total. The van der Waals surface area contributed by atoms with Crippen molar-refractivity contribution in [3.05, 3.63) is 30.2 Å². The van der Waals surface area contributed by atoms with Crippen molar-refractivity contribution in [2.45, 2.75) is 20.0 Å². The lowest BCUT2D eigenvalue weighted by Crippen LogP contribution is -2.32. The van der Waals surface area contributed by atoms with Crippen molar-refractivity contribution in [2.75, 3.05) is 13.6 Å². The first-order valence-corrected chi connectivity index (χ1v) is 5.70. The van der Waals surface area contributed by atoms with E-state index in [0.29, 0.717) is 5.58 Å². The van der Waals surface area contributed by atoms with Crippen LogP contribution in [0.1, 0.15) is 25.5 Å². The van der Waals surface area contributed by atoms with Gasteiger partial charge >= 0.3 is 0 Å². The fraction of sp³-hybridized carbons (Fsp3) is 0.462. The van der Waals surface area contributed by atoms with Crippen LogP contribution in [0.4, 0.5) is 0 Å². The highest BCUT2D eigenvalue weighted by Crippen LogP contribution is 2.33. The third-order valence-electron chi connectivity index (χ3n) is 3.04. The Balaban J connectivity index is 2.32. The normalized spacial score (nSPS) is 14.1. The van der Waals surface area contributed by atoms with E-state index in [2.05, 4.69) is 10.3 Å². The predicted octanol–water partition coefficient (Wildman–Crippen LogP) is 2.11. The largest absolute Gasteiger partial charge is 0.443 e. The van der Waals surface area contributed by atoms with Crippen molar-refractivity contribution in [2.24, 2.45) is 5.41 Å². The summed E-state index contributed by atoms with van der Waals surface area (Å²) in [6.45, 7) is 4.79. The van der Waals surface area contributed by atoms with Crippen molar-refractivity contribution >= 4 is 11.1 Å². The number of aliphatic hydroxyl groups excluding tert-OH is 1. The van der Waals surface area contributed by atoms with Gasteiger partial charge in [0.15, 0.2) is 12.0 Å². The standard InChI is InChI=1S/C13H18N2O2/c1-13(2,7-14-3)12(16)9-4-5-10-11(6-9)17-8-15-10/h4-6,8,12,14,16H,7H2,1-3H3. The highest BCUT2D eigenvalue weighted by Gasteiger charge is 2.28. The van der Waals surface area contributed by atoms with Crippen LogP contribution >= 0.6 is 0 Å². The highest BCUT2D eigenvalue weighted by molar-refractivity contribution is 5.72. The van der Waals surface area contributed by atoms with E-state index in [4.69, 9.17) is 4.42 Å². The topological polar surface area (TPSA) is 58.3 Å². The average molecular weight is 234 g/mol. The van der Waals surface area contributed by atoms with Gasteiger partial charge in [0.1, 0.15) is 5.52 Å². The first-order chi connectivity index (χ1) is 8.04. The van der Waals surface area contributed by atoms with E-state index >= 15 is 0 Å². The van der Waals surface area contributed by atoms with E-state index in [9.17, 15) is 5.11 Å². The summed E-state index contributed by atoms with van der Waals surface area (Å²) in [5.74, 6) is 0. The molecule has 4 heteroatoms. The Labute approximate surface area is 101 Å². The van der Waals surface area contributed by atoms with E-state index in [1.807, 2.05) is 39.1 Å². The van der Waals surface area contributed by atoms with Gasteiger partial charge in [-0.25, -0.2) is 4.98 Å². The SMILES string of the molecule is CNCC(C)(C)C(O)c1ccc2ncoc2c1. The Bertz CT molecular complexity index is 505. The Kier molecular flexibility index (Phi) is 3.17. The molecule has 1 heterocycles. The number of hydrogen-bond donors (Lipinski definition) is 2. The van der Waals surface area contributed by atoms with Crippen LogP contribution in [-0.4, -0.2) is 23.7 Å². The highest BCUT2D eigenvalue weighted by atomic mass is 16.3. The van der Waals surface area contributed by atoms with Crippen LogP contribution in [-0.2, 0) is 0 Å². The molecular formula is C13H18N2O2.